The van der Waals surface area contributed by atoms with E-state index < -0.39 is 0 Å². The lowest BCUT2D eigenvalue weighted by Crippen LogP contribution is -2.16. The SMILES string of the molecule is CCCCCCCOc1cccc(CNCCCOC)c1. The molecule has 0 spiro atoms. The van der Waals surface area contributed by atoms with Crippen LogP contribution in [0.5, 0.6) is 5.75 Å². The second-order valence-corrected chi connectivity index (χ2v) is 5.43. The molecule has 0 aliphatic rings. The quantitative estimate of drug-likeness (QED) is 0.554. The van der Waals surface area contributed by atoms with Crippen LogP contribution in [0.25, 0.3) is 0 Å². The van der Waals surface area contributed by atoms with Gasteiger partial charge < -0.3 is 14.8 Å². The second-order valence-electron chi connectivity index (χ2n) is 5.43. The first kappa shape index (κ1) is 18.0. The number of methoxy groups -OCH3 is 1. The molecule has 120 valence electrons. The third-order valence-corrected chi connectivity index (χ3v) is 3.45. The van der Waals surface area contributed by atoms with Crippen LogP contribution in [-0.4, -0.2) is 26.9 Å². The van der Waals surface area contributed by atoms with Crippen molar-refractivity contribution in [3.05, 3.63) is 29.8 Å². The van der Waals surface area contributed by atoms with Gasteiger partial charge in [-0.05, 0) is 37.1 Å². The van der Waals surface area contributed by atoms with E-state index in [1.54, 1.807) is 7.11 Å². The Balaban J connectivity index is 2.16. The van der Waals surface area contributed by atoms with Crippen LogP contribution in [0.4, 0.5) is 0 Å². The van der Waals surface area contributed by atoms with Crippen LogP contribution in [0, 0.1) is 0 Å². The summed E-state index contributed by atoms with van der Waals surface area (Å²) in [6.45, 7) is 5.75. The van der Waals surface area contributed by atoms with Crippen molar-refractivity contribution in [2.45, 2.75) is 52.0 Å². The molecule has 0 radical (unpaired) electrons. The Labute approximate surface area is 130 Å². The van der Waals surface area contributed by atoms with Crippen LogP contribution < -0.4 is 10.1 Å². The fraction of sp³-hybridized carbons (Fsp3) is 0.667. The van der Waals surface area contributed by atoms with Gasteiger partial charge in [-0.3, -0.25) is 0 Å². The van der Waals surface area contributed by atoms with Gasteiger partial charge in [0, 0.05) is 20.3 Å². The minimum absolute atomic E-state index is 0.814. The Morgan fingerprint density at radius 2 is 1.86 bits per heavy atom. The third-order valence-electron chi connectivity index (χ3n) is 3.45. The average Bonchev–Trinajstić information content (AvgIpc) is 2.51. The van der Waals surface area contributed by atoms with Crippen LogP contribution in [0.3, 0.4) is 0 Å². The van der Waals surface area contributed by atoms with Crippen molar-refractivity contribution in [3.63, 3.8) is 0 Å². The molecule has 1 N–H and O–H groups in total. The van der Waals surface area contributed by atoms with E-state index in [1.165, 1.54) is 31.2 Å². The molecule has 0 aromatic heterocycles. The highest BCUT2D eigenvalue weighted by Crippen LogP contribution is 2.14. The smallest absolute Gasteiger partial charge is 0.119 e. The topological polar surface area (TPSA) is 30.5 Å². The molecule has 0 saturated carbocycles. The van der Waals surface area contributed by atoms with Gasteiger partial charge in [-0.15, -0.1) is 0 Å². The van der Waals surface area contributed by atoms with Gasteiger partial charge in [-0.1, -0.05) is 44.7 Å². The Kier molecular flexibility index (Phi) is 10.8. The number of benzene rings is 1. The lowest BCUT2D eigenvalue weighted by molar-refractivity contribution is 0.194. The van der Waals surface area contributed by atoms with Gasteiger partial charge in [0.2, 0.25) is 0 Å². The molecule has 1 aromatic rings. The lowest BCUT2D eigenvalue weighted by Gasteiger charge is -2.09. The van der Waals surface area contributed by atoms with Crippen molar-refractivity contribution in [1.29, 1.82) is 0 Å². The first-order valence-corrected chi connectivity index (χ1v) is 8.28. The zero-order chi connectivity index (χ0) is 15.2. The largest absolute Gasteiger partial charge is 0.494 e. The van der Waals surface area contributed by atoms with E-state index in [-0.39, 0.29) is 0 Å². The Bertz CT molecular complexity index is 355. The summed E-state index contributed by atoms with van der Waals surface area (Å²) in [4.78, 5) is 0. The summed E-state index contributed by atoms with van der Waals surface area (Å²) >= 11 is 0. The fourth-order valence-electron chi connectivity index (χ4n) is 2.22. The molecule has 3 nitrogen and oxygen atoms in total. The molecule has 0 aliphatic heterocycles. The molecular weight excluding hydrogens is 262 g/mol. The monoisotopic (exact) mass is 293 g/mol. The Morgan fingerprint density at radius 3 is 2.67 bits per heavy atom. The lowest BCUT2D eigenvalue weighted by atomic mass is 10.2. The van der Waals surface area contributed by atoms with Crippen LogP contribution in [0.1, 0.15) is 51.0 Å². The van der Waals surface area contributed by atoms with Gasteiger partial charge in [0.15, 0.2) is 0 Å². The Hall–Kier alpha value is -1.06. The molecule has 3 heteroatoms. The summed E-state index contributed by atoms with van der Waals surface area (Å²) in [5, 5.41) is 3.42. The summed E-state index contributed by atoms with van der Waals surface area (Å²) in [6, 6.07) is 8.38. The highest BCUT2D eigenvalue weighted by molar-refractivity contribution is 5.28. The molecule has 0 amide bonds. The summed E-state index contributed by atoms with van der Waals surface area (Å²) in [5.74, 6) is 0.988. The summed E-state index contributed by atoms with van der Waals surface area (Å²) in [5.41, 5.74) is 1.27. The molecule has 0 fully saturated rings. The molecule has 0 heterocycles. The normalized spacial score (nSPS) is 10.8. The standard InChI is InChI=1S/C18H31NO2/c1-3-4-5-6-7-14-21-18-11-8-10-17(15-18)16-19-12-9-13-20-2/h8,10-11,15,19H,3-7,9,12-14,16H2,1-2H3. The maximum Gasteiger partial charge on any atom is 0.119 e. The predicted octanol–water partition coefficient (Wildman–Crippen LogP) is 4.16. The third kappa shape index (κ3) is 9.48. The zero-order valence-corrected chi connectivity index (χ0v) is 13.7. The van der Waals surface area contributed by atoms with Crippen LogP contribution in [0.15, 0.2) is 24.3 Å². The molecule has 0 aliphatic carbocycles. The van der Waals surface area contributed by atoms with Crippen molar-refractivity contribution < 1.29 is 9.47 Å². The highest BCUT2D eigenvalue weighted by atomic mass is 16.5. The van der Waals surface area contributed by atoms with Gasteiger partial charge in [-0.2, -0.15) is 0 Å². The molecule has 21 heavy (non-hydrogen) atoms. The van der Waals surface area contributed by atoms with Gasteiger partial charge >= 0.3 is 0 Å². The molecule has 0 bridgehead atoms. The first-order valence-electron chi connectivity index (χ1n) is 8.28. The van der Waals surface area contributed by atoms with Gasteiger partial charge in [0.05, 0.1) is 6.61 Å². The fourth-order valence-corrected chi connectivity index (χ4v) is 2.22. The van der Waals surface area contributed by atoms with Gasteiger partial charge in [0.1, 0.15) is 5.75 Å². The highest BCUT2D eigenvalue weighted by Gasteiger charge is 1.98. The first-order chi connectivity index (χ1) is 10.4. The minimum atomic E-state index is 0.814. The number of hydrogen-bond acceptors (Lipinski definition) is 3. The van der Waals surface area contributed by atoms with Crippen LogP contribution >= 0.6 is 0 Å². The minimum Gasteiger partial charge on any atom is -0.494 e. The molecule has 0 unspecified atom stereocenters. The Morgan fingerprint density at radius 1 is 1.00 bits per heavy atom. The van der Waals surface area contributed by atoms with E-state index in [4.69, 9.17) is 9.47 Å². The molecule has 1 rings (SSSR count). The van der Waals surface area contributed by atoms with E-state index in [0.717, 1.165) is 44.9 Å². The number of hydrogen-bond donors (Lipinski definition) is 1. The van der Waals surface area contributed by atoms with Crippen molar-refractivity contribution in [2.24, 2.45) is 0 Å². The van der Waals surface area contributed by atoms with Crippen LogP contribution in [-0.2, 0) is 11.3 Å². The molecular formula is C18H31NO2. The maximum atomic E-state index is 5.82. The van der Waals surface area contributed by atoms with E-state index in [0.29, 0.717) is 0 Å². The number of unbranched alkanes of at least 4 members (excludes halogenated alkanes) is 4. The van der Waals surface area contributed by atoms with Crippen molar-refractivity contribution >= 4 is 0 Å². The van der Waals surface area contributed by atoms with Crippen LogP contribution in [0.2, 0.25) is 0 Å². The summed E-state index contributed by atoms with van der Waals surface area (Å²) < 4.78 is 10.9. The van der Waals surface area contributed by atoms with Gasteiger partial charge in [0.25, 0.3) is 0 Å². The molecule has 0 saturated heterocycles. The zero-order valence-electron chi connectivity index (χ0n) is 13.7. The molecule has 0 atom stereocenters. The average molecular weight is 293 g/mol. The predicted molar refractivity (Wildman–Crippen MR) is 88.9 cm³/mol. The summed E-state index contributed by atoms with van der Waals surface area (Å²) in [7, 11) is 1.74. The number of ether oxygens (including phenoxy) is 2. The van der Waals surface area contributed by atoms with E-state index in [9.17, 15) is 0 Å². The van der Waals surface area contributed by atoms with Crippen molar-refractivity contribution in [3.8, 4) is 5.75 Å². The van der Waals surface area contributed by atoms with Gasteiger partial charge in [-0.25, -0.2) is 0 Å². The molecule has 1 aromatic carbocycles. The van der Waals surface area contributed by atoms with Crippen molar-refractivity contribution in [2.75, 3.05) is 26.9 Å². The second kappa shape index (κ2) is 12.7. The number of rotatable bonds is 13. The van der Waals surface area contributed by atoms with E-state index in [1.807, 2.05) is 6.07 Å². The maximum absolute atomic E-state index is 5.82. The number of nitrogens with one attached hydrogen (secondary N) is 1. The van der Waals surface area contributed by atoms with Crippen molar-refractivity contribution in [1.82, 2.24) is 5.32 Å². The van der Waals surface area contributed by atoms with E-state index in [2.05, 4.69) is 30.4 Å². The summed E-state index contributed by atoms with van der Waals surface area (Å²) in [6.07, 6.45) is 7.42. The van der Waals surface area contributed by atoms with E-state index >= 15 is 0 Å².